The lowest BCUT2D eigenvalue weighted by Gasteiger charge is -2.16. The Bertz CT molecular complexity index is 325. The van der Waals surface area contributed by atoms with Gasteiger partial charge in [-0.15, -0.1) is 11.3 Å². The minimum Gasteiger partial charge on any atom is -0.352 e. The van der Waals surface area contributed by atoms with E-state index in [2.05, 4.69) is 29.8 Å². The highest BCUT2D eigenvalue weighted by Crippen LogP contribution is 2.11. The zero-order valence-corrected chi connectivity index (χ0v) is 12.0. The van der Waals surface area contributed by atoms with Crippen LogP contribution >= 0.6 is 11.3 Å². The van der Waals surface area contributed by atoms with E-state index in [1.807, 2.05) is 0 Å². The second-order valence-corrected chi connectivity index (χ2v) is 5.61. The van der Waals surface area contributed by atoms with Crippen LogP contribution in [0.4, 0.5) is 0 Å². The largest absolute Gasteiger partial charge is 0.352 e. The van der Waals surface area contributed by atoms with E-state index in [-0.39, 0.29) is 11.9 Å². The molecule has 3 N–H and O–H groups in total. The SMILES string of the molecule is CCCCC(CN)NC(=O)CCCc1cccs1. The van der Waals surface area contributed by atoms with Crippen molar-refractivity contribution in [2.75, 3.05) is 6.54 Å². The van der Waals surface area contributed by atoms with Crippen LogP contribution in [0.5, 0.6) is 0 Å². The van der Waals surface area contributed by atoms with E-state index >= 15 is 0 Å². The monoisotopic (exact) mass is 268 g/mol. The molecule has 18 heavy (non-hydrogen) atoms. The topological polar surface area (TPSA) is 55.1 Å². The van der Waals surface area contributed by atoms with Gasteiger partial charge in [0.1, 0.15) is 0 Å². The van der Waals surface area contributed by atoms with Crippen molar-refractivity contribution in [3.05, 3.63) is 22.4 Å². The van der Waals surface area contributed by atoms with Gasteiger partial charge in [0.05, 0.1) is 0 Å². The smallest absolute Gasteiger partial charge is 0.220 e. The Labute approximate surface area is 114 Å². The second-order valence-electron chi connectivity index (χ2n) is 4.58. The van der Waals surface area contributed by atoms with E-state index in [0.29, 0.717) is 13.0 Å². The molecular weight excluding hydrogens is 244 g/mol. The number of carbonyl (C=O) groups excluding carboxylic acids is 1. The Balaban J connectivity index is 2.15. The first-order valence-electron chi connectivity index (χ1n) is 6.78. The molecule has 0 aromatic carbocycles. The molecule has 0 aliphatic heterocycles. The molecular formula is C14H24N2OS. The quantitative estimate of drug-likeness (QED) is 0.723. The molecule has 0 saturated carbocycles. The Kier molecular flexibility index (Phi) is 7.69. The van der Waals surface area contributed by atoms with Gasteiger partial charge >= 0.3 is 0 Å². The van der Waals surface area contributed by atoms with E-state index in [4.69, 9.17) is 5.73 Å². The molecule has 1 aromatic heterocycles. The summed E-state index contributed by atoms with van der Waals surface area (Å²) in [6.45, 7) is 2.69. The van der Waals surface area contributed by atoms with Gasteiger partial charge in [0, 0.05) is 23.9 Å². The van der Waals surface area contributed by atoms with Gasteiger partial charge in [-0.1, -0.05) is 25.8 Å². The molecule has 3 nitrogen and oxygen atoms in total. The van der Waals surface area contributed by atoms with Gasteiger partial charge in [-0.2, -0.15) is 0 Å². The van der Waals surface area contributed by atoms with Crippen molar-refractivity contribution in [2.24, 2.45) is 5.73 Å². The van der Waals surface area contributed by atoms with Gasteiger partial charge in [0.2, 0.25) is 5.91 Å². The van der Waals surface area contributed by atoms with Gasteiger partial charge in [0.25, 0.3) is 0 Å². The van der Waals surface area contributed by atoms with Gasteiger partial charge in [-0.05, 0) is 30.7 Å². The molecule has 1 heterocycles. The van der Waals surface area contributed by atoms with Crippen LogP contribution in [-0.2, 0) is 11.2 Å². The third-order valence-electron chi connectivity index (χ3n) is 2.96. The maximum atomic E-state index is 11.7. The molecule has 1 amide bonds. The van der Waals surface area contributed by atoms with Crippen molar-refractivity contribution in [1.29, 1.82) is 0 Å². The molecule has 102 valence electrons. The first kappa shape index (κ1) is 15.2. The first-order valence-corrected chi connectivity index (χ1v) is 7.66. The highest BCUT2D eigenvalue weighted by Gasteiger charge is 2.09. The van der Waals surface area contributed by atoms with Gasteiger partial charge in [-0.3, -0.25) is 4.79 Å². The molecule has 0 aliphatic carbocycles. The number of carbonyl (C=O) groups is 1. The lowest BCUT2D eigenvalue weighted by molar-refractivity contribution is -0.121. The van der Waals surface area contributed by atoms with Crippen LogP contribution in [0, 0.1) is 0 Å². The lowest BCUT2D eigenvalue weighted by atomic mass is 10.1. The Morgan fingerprint density at radius 2 is 2.33 bits per heavy atom. The van der Waals surface area contributed by atoms with Crippen LogP contribution in [0.2, 0.25) is 0 Å². The van der Waals surface area contributed by atoms with E-state index < -0.39 is 0 Å². The summed E-state index contributed by atoms with van der Waals surface area (Å²) in [7, 11) is 0. The highest BCUT2D eigenvalue weighted by molar-refractivity contribution is 7.09. The van der Waals surface area contributed by atoms with E-state index in [1.54, 1.807) is 11.3 Å². The maximum absolute atomic E-state index is 11.7. The van der Waals surface area contributed by atoms with Crippen molar-refractivity contribution in [1.82, 2.24) is 5.32 Å². The number of nitrogens with two attached hydrogens (primary N) is 1. The Morgan fingerprint density at radius 1 is 1.50 bits per heavy atom. The van der Waals surface area contributed by atoms with E-state index in [9.17, 15) is 4.79 Å². The summed E-state index contributed by atoms with van der Waals surface area (Å²) in [5.41, 5.74) is 5.65. The summed E-state index contributed by atoms with van der Waals surface area (Å²) >= 11 is 1.75. The van der Waals surface area contributed by atoms with Crippen molar-refractivity contribution < 1.29 is 4.79 Å². The normalized spacial score (nSPS) is 12.3. The average Bonchev–Trinajstić information content (AvgIpc) is 2.87. The third-order valence-corrected chi connectivity index (χ3v) is 3.90. The van der Waals surface area contributed by atoms with Gasteiger partial charge in [-0.25, -0.2) is 0 Å². The zero-order valence-electron chi connectivity index (χ0n) is 11.2. The fourth-order valence-corrected chi connectivity index (χ4v) is 2.63. The van der Waals surface area contributed by atoms with Gasteiger partial charge < -0.3 is 11.1 Å². The third kappa shape index (κ3) is 6.17. The molecule has 1 aromatic rings. The van der Waals surface area contributed by atoms with Crippen LogP contribution in [-0.4, -0.2) is 18.5 Å². The molecule has 0 bridgehead atoms. The molecule has 4 heteroatoms. The number of hydrogen-bond acceptors (Lipinski definition) is 3. The maximum Gasteiger partial charge on any atom is 0.220 e. The molecule has 1 atom stereocenters. The highest BCUT2D eigenvalue weighted by atomic mass is 32.1. The summed E-state index contributed by atoms with van der Waals surface area (Å²) < 4.78 is 0. The predicted octanol–water partition coefficient (Wildman–Crippen LogP) is 2.70. The van der Waals surface area contributed by atoms with Crippen molar-refractivity contribution in [3.8, 4) is 0 Å². The average molecular weight is 268 g/mol. The summed E-state index contributed by atoms with van der Waals surface area (Å²) in [5.74, 6) is 0.137. The molecule has 0 fully saturated rings. The summed E-state index contributed by atoms with van der Waals surface area (Å²) in [6, 6.07) is 4.32. The summed E-state index contributed by atoms with van der Waals surface area (Å²) in [5, 5.41) is 5.10. The molecule has 1 unspecified atom stereocenters. The van der Waals surface area contributed by atoms with Crippen molar-refractivity contribution >= 4 is 17.2 Å². The van der Waals surface area contributed by atoms with Crippen LogP contribution in [0.1, 0.15) is 43.9 Å². The lowest BCUT2D eigenvalue weighted by Crippen LogP contribution is -2.40. The standard InChI is InChI=1S/C14H24N2OS/c1-2-3-6-12(11-15)16-14(17)9-4-7-13-8-5-10-18-13/h5,8,10,12H,2-4,6-7,9,11,15H2,1H3,(H,16,17). The Morgan fingerprint density at radius 3 is 2.94 bits per heavy atom. The van der Waals surface area contributed by atoms with Crippen molar-refractivity contribution in [2.45, 2.75) is 51.5 Å². The van der Waals surface area contributed by atoms with Crippen LogP contribution in [0.25, 0.3) is 0 Å². The number of aryl methyl sites for hydroxylation is 1. The molecule has 1 rings (SSSR count). The van der Waals surface area contributed by atoms with Crippen LogP contribution in [0.15, 0.2) is 17.5 Å². The number of nitrogens with one attached hydrogen (secondary N) is 1. The van der Waals surface area contributed by atoms with E-state index in [1.165, 1.54) is 4.88 Å². The minimum absolute atomic E-state index is 0.137. The first-order chi connectivity index (χ1) is 8.76. The molecule has 0 radical (unpaired) electrons. The summed E-state index contributed by atoms with van der Waals surface area (Å²) in [4.78, 5) is 13.1. The second kappa shape index (κ2) is 9.11. The molecule has 0 aliphatic rings. The van der Waals surface area contributed by atoms with Crippen LogP contribution < -0.4 is 11.1 Å². The predicted molar refractivity (Wildman–Crippen MR) is 77.8 cm³/mol. The Hall–Kier alpha value is -0.870. The van der Waals surface area contributed by atoms with Crippen molar-refractivity contribution in [3.63, 3.8) is 0 Å². The minimum atomic E-state index is 0.137. The number of hydrogen-bond donors (Lipinski definition) is 2. The number of amides is 1. The fourth-order valence-electron chi connectivity index (χ4n) is 1.88. The van der Waals surface area contributed by atoms with Gasteiger partial charge in [0.15, 0.2) is 0 Å². The fraction of sp³-hybridized carbons (Fsp3) is 0.643. The number of thiophene rings is 1. The molecule has 0 saturated heterocycles. The summed E-state index contributed by atoms with van der Waals surface area (Å²) in [6.07, 6.45) is 5.76. The number of rotatable bonds is 9. The number of unbranched alkanes of at least 4 members (excludes halogenated alkanes) is 1. The zero-order chi connectivity index (χ0) is 13.2. The van der Waals surface area contributed by atoms with Crippen LogP contribution in [0.3, 0.4) is 0 Å². The molecule has 0 spiro atoms. The van der Waals surface area contributed by atoms with E-state index in [0.717, 1.165) is 32.1 Å².